The maximum absolute atomic E-state index is 11.5. The number of carbonyl (C=O) groups is 1. The fourth-order valence-corrected chi connectivity index (χ4v) is 1.31. The van der Waals surface area contributed by atoms with Gasteiger partial charge in [0.15, 0.2) is 6.61 Å². The minimum Gasteiger partial charge on any atom is -0.457 e. The number of esters is 1. The second-order valence-electron chi connectivity index (χ2n) is 3.23. The van der Waals surface area contributed by atoms with Crippen LogP contribution < -0.4 is 0 Å². The van der Waals surface area contributed by atoms with Gasteiger partial charge in [-0.1, -0.05) is 36.1 Å². The van der Waals surface area contributed by atoms with E-state index < -0.39 is 0 Å². The quantitative estimate of drug-likeness (QED) is 0.505. The summed E-state index contributed by atoms with van der Waals surface area (Å²) in [7, 11) is 0. The Hall–Kier alpha value is -1.56. The average Bonchev–Trinajstić information content (AvgIpc) is 2.18. The highest BCUT2D eigenvalue weighted by Gasteiger charge is 2.23. The van der Waals surface area contributed by atoms with Crippen LogP contribution in [-0.4, -0.2) is 19.1 Å². The number of ether oxygens (including phenoxy) is 1. The van der Waals surface area contributed by atoms with Gasteiger partial charge in [0.1, 0.15) is 0 Å². The molecule has 0 fully saturated rings. The Balaban J connectivity index is 2.41. The second-order valence-corrected chi connectivity index (χ2v) is 3.23. The molecule has 1 rings (SSSR count). The van der Waals surface area contributed by atoms with Crippen molar-refractivity contribution in [1.82, 2.24) is 0 Å². The number of carbonyl (C=O) groups excluding carboxylic acids is 1. The molecule has 2 unspecified atom stereocenters. The summed E-state index contributed by atoms with van der Waals surface area (Å²) < 4.78 is 4.99. The standard InChI is InChI=1S/C11H14NO2/c1-9-5-3-4-6-10(9)11(13)14-8-7-12-2/h2-6,9-10H,7-8H2,1H3/q+1. The van der Waals surface area contributed by atoms with E-state index in [0.29, 0.717) is 6.54 Å². The molecule has 3 nitrogen and oxygen atoms in total. The summed E-state index contributed by atoms with van der Waals surface area (Å²) in [4.78, 5) is 14.9. The van der Waals surface area contributed by atoms with E-state index in [1.807, 2.05) is 31.2 Å². The van der Waals surface area contributed by atoms with Crippen LogP contribution in [-0.2, 0) is 9.53 Å². The van der Waals surface area contributed by atoms with Crippen LogP contribution in [0.2, 0.25) is 0 Å². The van der Waals surface area contributed by atoms with Crippen molar-refractivity contribution in [3.8, 4) is 6.57 Å². The molecule has 0 amide bonds. The van der Waals surface area contributed by atoms with Gasteiger partial charge >= 0.3 is 5.97 Å². The van der Waals surface area contributed by atoms with E-state index in [0.717, 1.165) is 0 Å². The van der Waals surface area contributed by atoms with Crippen LogP contribution in [0.25, 0.3) is 4.85 Å². The van der Waals surface area contributed by atoms with Crippen molar-refractivity contribution < 1.29 is 9.53 Å². The molecule has 0 heterocycles. The minimum absolute atomic E-state index is 0.169. The molecule has 0 saturated carbocycles. The van der Waals surface area contributed by atoms with Gasteiger partial charge in [0.25, 0.3) is 13.1 Å². The fraction of sp³-hybridized carbons (Fsp3) is 0.455. The highest BCUT2D eigenvalue weighted by molar-refractivity contribution is 5.75. The van der Waals surface area contributed by atoms with E-state index in [-0.39, 0.29) is 24.4 Å². The second kappa shape index (κ2) is 5.23. The molecular weight excluding hydrogens is 178 g/mol. The van der Waals surface area contributed by atoms with E-state index in [2.05, 4.69) is 4.85 Å². The van der Waals surface area contributed by atoms with Crippen LogP contribution in [0, 0.1) is 18.4 Å². The molecule has 1 aliphatic carbocycles. The summed E-state index contributed by atoms with van der Waals surface area (Å²) >= 11 is 0. The molecule has 0 bridgehead atoms. The molecule has 14 heavy (non-hydrogen) atoms. The molecule has 74 valence electrons. The van der Waals surface area contributed by atoms with Crippen molar-refractivity contribution in [2.75, 3.05) is 13.2 Å². The summed E-state index contributed by atoms with van der Waals surface area (Å²) in [5.41, 5.74) is 0. The Bertz CT molecular complexity index is 299. The van der Waals surface area contributed by atoms with E-state index >= 15 is 0 Å². The number of hydrogen-bond donors (Lipinski definition) is 0. The lowest BCUT2D eigenvalue weighted by Gasteiger charge is -2.17. The Morgan fingerprint density at radius 2 is 2.21 bits per heavy atom. The first-order valence-electron chi connectivity index (χ1n) is 4.64. The highest BCUT2D eigenvalue weighted by Crippen LogP contribution is 2.20. The van der Waals surface area contributed by atoms with Crippen molar-refractivity contribution in [3.63, 3.8) is 0 Å². The van der Waals surface area contributed by atoms with Crippen molar-refractivity contribution in [1.29, 1.82) is 0 Å². The van der Waals surface area contributed by atoms with Crippen LogP contribution in [0.15, 0.2) is 24.3 Å². The van der Waals surface area contributed by atoms with Crippen LogP contribution in [0.5, 0.6) is 0 Å². The molecule has 0 saturated heterocycles. The SMILES string of the molecule is C#[N+]CCOC(=O)C1C=CC=CC1C. The fourth-order valence-electron chi connectivity index (χ4n) is 1.31. The molecule has 0 N–H and O–H groups in total. The third-order valence-corrected chi connectivity index (χ3v) is 2.15. The Labute approximate surface area is 83.9 Å². The van der Waals surface area contributed by atoms with Crippen molar-refractivity contribution in [2.45, 2.75) is 6.92 Å². The summed E-state index contributed by atoms with van der Waals surface area (Å²) in [6, 6.07) is 0. The molecule has 0 aliphatic heterocycles. The van der Waals surface area contributed by atoms with Crippen LogP contribution in [0.1, 0.15) is 6.92 Å². The first-order valence-corrected chi connectivity index (χ1v) is 4.64. The van der Waals surface area contributed by atoms with Crippen LogP contribution in [0.4, 0.5) is 0 Å². The third-order valence-electron chi connectivity index (χ3n) is 2.15. The van der Waals surface area contributed by atoms with Gasteiger partial charge in [-0.3, -0.25) is 4.79 Å². The van der Waals surface area contributed by atoms with E-state index in [9.17, 15) is 4.79 Å². The number of hydrogen-bond acceptors (Lipinski definition) is 2. The van der Waals surface area contributed by atoms with Gasteiger partial charge in [-0.25, -0.2) is 0 Å². The topological polar surface area (TPSA) is 30.7 Å². The van der Waals surface area contributed by atoms with E-state index in [4.69, 9.17) is 11.3 Å². The molecule has 0 aromatic rings. The molecule has 3 heteroatoms. The number of nitrogens with zero attached hydrogens (tertiary/aromatic N) is 1. The molecule has 2 atom stereocenters. The minimum atomic E-state index is -0.207. The van der Waals surface area contributed by atoms with Crippen LogP contribution >= 0.6 is 0 Å². The monoisotopic (exact) mass is 192 g/mol. The smallest absolute Gasteiger partial charge is 0.313 e. The zero-order valence-electron chi connectivity index (χ0n) is 8.22. The molecule has 0 spiro atoms. The summed E-state index contributed by atoms with van der Waals surface area (Å²) in [5.74, 6) is -0.179. The van der Waals surface area contributed by atoms with Crippen molar-refractivity contribution >= 4 is 5.97 Å². The summed E-state index contributed by atoms with van der Waals surface area (Å²) in [6.45, 7) is 7.53. The third kappa shape index (κ3) is 2.74. The van der Waals surface area contributed by atoms with Crippen LogP contribution in [0.3, 0.4) is 0 Å². The van der Waals surface area contributed by atoms with Crippen molar-refractivity contribution in [3.05, 3.63) is 29.1 Å². The van der Waals surface area contributed by atoms with Gasteiger partial charge in [-0.2, -0.15) is 0 Å². The summed E-state index contributed by atoms with van der Waals surface area (Å²) in [5, 5.41) is 0. The maximum Gasteiger partial charge on any atom is 0.313 e. The van der Waals surface area contributed by atoms with Gasteiger partial charge in [0.2, 0.25) is 0 Å². The first kappa shape index (κ1) is 10.5. The lowest BCUT2D eigenvalue weighted by molar-refractivity contribution is -0.147. The van der Waals surface area contributed by atoms with Gasteiger partial charge in [-0.05, 0) is 5.92 Å². The number of allylic oxidation sites excluding steroid dienone is 3. The maximum atomic E-state index is 11.5. The Morgan fingerprint density at radius 3 is 2.86 bits per heavy atom. The normalized spacial score (nSPS) is 24.3. The number of rotatable bonds is 3. The molecule has 0 radical (unpaired) electrons. The predicted octanol–water partition coefficient (Wildman–Crippen LogP) is 1.87. The van der Waals surface area contributed by atoms with Gasteiger partial charge in [0, 0.05) is 0 Å². The molecular formula is C11H14NO2+. The summed E-state index contributed by atoms with van der Waals surface area (Å²) in [6.07, 6.45) is 7.63. The Morgan fingerprint density at radius 1 is 1.50 bits per heavy atom. The lowest BCUT2D eigenvalue weighted by Crippen LogP contribution is -2.23. The van der Waals surface area contributed by atoms with E-state index in [1.165, 1.54) is 0 Å². The molecule has 1 aliphatic rings. The highest BCUT2D eigenvalue weighted by atomic mass is 16.5. The lowest BCUT2D eigenvalue weighted by atomic mass is 9.90. The zero-order valence-corrected chi connectivity index (χ0v) is 8.22. The van der Waals surface area contributed by atoms with Crippen molar-refractivity contribution in [2.24, 2.45) is 11.8 Å². The molecule has 0 aromatic heterocycles. The average molecular weight is 192 g/mol. The van der Waals surface area contributed by atoms with Gasteiger partial charge < -0.3 is 4.74 Å². The first-order chi connectivity index (χ1) is 6.75. The largest absolute Gasteiger partial charge is 0.457 e. The Kier molecular flexibility index (Phi) is 3.93. The van der Waals surface area contributed by atoms with E-state index in [1.54, 1.807) is 0 Å². The predicted molar refractivity (Wildman–Crippen MR) is 55.1 cm³/mol. The van der Waals surface area contributed by atoms with Gasteiger partial charge in [-0.15, -0.1) is 0 Å². The van der Waals surface area contributed by atoms with Gasteiger partial charge in [0.05, 0.1) is 5.92 Å². The zero-order chi connectivity index (χ0) is 10.4. The molecule has 0 aromatic carbocycles.